The summed E-state index contributed by atoms with van der Waals surface area (Å²) in [6.45, 7) is 5.97. The van der Waals surface area contributed by atoms with Crippen LogP contribution in [0.25, 0.3) is 11.3 Å². The first-order chi connectivity index (χ1) is 16.4. The molecular weight excluding hydrogens is 438 g/mol. The molecule has 3 heterocycles. The number of methoxy groups -OCH3 is 1. The standard InChI is InChI=1S/C25H30F2N6O/c1-15(2)33(3)21-12-18(11-19(26)24(21)34-4)23-20(27)14-30-25(32-23)31-22-6-5-17(13-29-22)16-7-9-28-10-8-16/h5-6,11-16,28H,7-10H2,1-4H3,(H,29,30,31,32). The third kappa shape index (κ3) is 5.09. The van der Waals surface area contributed by atoms with Gasteiger partial charge in [0.05, 0.1) is 19.0 Å². The number of halogens is 2. The first kappa shape index (κ1) is 23.8. The smallest absolute Gasteiger partial charge is 0.229 e. The number of anilines is 3. The van der Waals surface area contributed by atoms with Gasteiger partial charge in [-0.05, 0) is 69.5 Å². The molecule has 0 atom stereocenters. The molecule has 4 rings (SSSR count). The van der Waals surface area contributed by atoms with Crippen molar-refractivity contribution in [2.45, 2.75) is 38.6 Å². The molecule has 0 unspecified atom stereocenters. The second kappa shape index (κ2) is 10.3. The van der Waals surface area contributed by atoms with Crippen molar-refractivity contribution in [1.29, 1.82) is 0 Å². The third-order valence-electron chi connectivity index (χ3n) is 6.24. The van der Waals surface area contributed by atoms with Crippen LogP contribution < -0.4 is 20.3 Å². The summed E-state index contributed by atoms with van der Waals surface area (Å²) in [5.74, 6) is 0.0861. The lowest BCUT2D eigenvalue weighted by Crippen LogP contribution is -2.26. The van der Waals surface area contributed by atoms with Crippen molar-refractivity contribution in [3.63, 3.8) is 0 Å². The molecule has 0 radical (unpaired) electrons. The van der Waals surface area contributed by atoms with Gasteiger partial charge < -0.3 is 20.3 Å². The minimum Gasteiger partial charge on any atom is -0.492 e. The van der Waals surface area contributed by atoms with Gasteiger partial charge in [-0.3, -0.25) is 0 Å². The highest BCUT2D eigenvalue weighted by Gasteiger charge is 2.20. The fourth-order valence-electron chi connectivity index (χ4n) is 4.08. The molecule has 9 heteroatoms. The fourth-order valence-corrected chi connectivity index (χ4v) is 4.08. The van der Waals surface area contributed by atoms with E-state index in [1.54, 1.807) is 6.07 Å². The molecule has 0 bridgehead atoms. The molecule has 1 fully saturated rings. The van der Waals surface area contributed by atoms with E-state index in [2.05, 4.69) is 25.6 Å². The Morgan fingerprint density at radius 1 is 1.09 bits per heavy atom. The fraction of sp³-hybridized carbons (Fsp3) is 0.400. The summed E-state index contributed by atoms with van der Waals surface area (Å²) in [6.07, 6.45) is 5.11. The predicted molar refractivity (Wildman–Crippen MR) is 130 cm³/mol. The van der Waals surface area contributed by atoms with Gasteiger partial charge in [0, 0.05) is 24.8 Å². The van der Waals surface area contributed by atoms with Gasteiger partial charge in [0.25, 0.3) is 0 Å². The zero-order valence-electron chi connectivity index (χ0n) is 19.9. The molecule has 2 N–H and O–H groups in total. The maximum atomic E-state index is 14.8. The zero-order valence-corrected chi connectivity index (χ0v) is 19.9. The predicted octanol–water partition coefficient (Wildman–Crippen LogP) is 4.88. The van der Waals surface area contributed by atoms with E-state index >= 15 is 0 Å². The number of piperidine rings is 1. The largest absolute Gasteiger partial charge is 0.492 e. The van der Waals surface area contributed by atoms with E-state index in [0.717, 1.165) is 32.1 Å². The molecule has 2 aromatic heterocycles. The van der Waals surface area contributed by atoms with Crippen LogP contribution in [0.2, 0.25) is 0 Å². The Balaban J connectivity index is 1.61. The summed E-state index contributed by atoms with van der Waals surface area (Å²) in [6, 6.07) is 6.88. The van der Waals surface area contributed by atoms with Crippen LogP contribution in [0.15, 0.2) is 36.7 Å². The van der Waals surface area contributed by atoms with Crippen molar-refractivity contribution in [2.24, 2.45) is 0 Å². The summed E-state index contributed by atoms with van der Waals surface area (Å²) in [4.78, 5) is 14.7. The van der Waals surface area contributed by atoms with Crippen molar-refractivity contribution in [3.05, 3.63) is 53.9 Å². The highest BCUT2D eigenvalue weighted by atomic mass is 19.1. The normalized spacial score (nSPS) is 14.3. The van der Waals surface area contributed by atoms with Gasteiger partial charge >= 0.3 is 0 Å². The van der Waals surface area contributed by atoms with Gasteiger partial charge in [-0.2, -0.15) is 0 Å². The molecule has 180 valence electrons. The number of aromatic nitrogens is 3. The number of nitrogens with zero attached hydrogens (tertiary/aromatic N) is 4. The van der Waals surface area contributed by atoms with Gasteiger partial charge in [0.1, 0.15) is 11.5 Å². The van der Waals surface area contributed by atoms with Crippen LogP contribution in [0, 0.1) is 11.6 Å². The highest BCUT2D eigenvalue weighted by molar-refractivity contribution is 5.72. The van der Waals surface area contributed by atoms with E-state index in [-0.39, 0.29) is 29.0 Å². The van der Waals surface area contributed by atoms with Crippen molar-refractivity contribution in [1.82, 2.24) is 20.3 Å². The number of rotatable bonds is 7. The lowest BCUT2D eigenvalue weighted by atomic mass is 9.91. The van der Waals surface area contributed by atoms with Crippen molar-refractivity contribution in [2.75, 3.05) is 37.5 Å². The van der Waals surface area contributed by atoms with Gasteiger partial charge in [-0.25, -0.2) is 23.7 Å². The maximum absolute atomic E-state index is 14.8. The molecule has 0 spiro atoms. The van der Waals surface area contributed by atoms with E-state index in [9.17, 15) is 8.78 Å². The second-order valence-electron chi connectivity index (χ2n) is 8.73. The third-order valence-corrected chi connectivity index (χ3v) is 6.24. The number of hydrogen-bond donors (Lipinski definition) is 2. The molecule has 1 aliphatic heterocycles. The number of benzene rings is 1. The Hall–Kier alpha value is -3.33. The number of pyridine rings is 1. The minimum atomic E-state index is -0.650. The van der Waals surface area contributed by atoms with E-state index in [1.165, 1.54) is 18.7 Å². The molecule has 0 amide bonds. The first-order valence-electron chi connectivity index (χ1n) is 11.4. The molecule has 0 saturated carbocycles. The van der Waals surface area contributed by atoms with E-state index < -0.39 is 11.6 Å². The van der Waals surface area contributed by atoms with Crippen LogP contribution >= 0.6 is 0 Å². The lowest BCUT2D eigenvalue weighted by molar-refractivity contribution is 0.386. The van der Waals surface area contributed by atoms with E-state index in [1.807, 2.05) is 44.1 Å². The number of hydrogen-bond acceptors (Lipinski definition) is 7. The Bertz CT molecular complexity index is 1130. The zero-order chi connectivity index (χ0) is 24.2. The molecule has 3 aromatic rings. The molecule has 34 heavy (non-hydrogen) atoms. The van der Waals surface area contributed by atoms with E-state index in [4.69, 9.17) is 4.74 Å². The van der Waals surface area contributed by atoms with E-state index in [0.29, 0.717) is 17.4 Å². The van der Waals surface area contributed by atoms with Crippen LogP contribution in [-0.2, 0) is 0 Å². The Morgan fingerprint density at radius 3 is 2.50 bits per heavy atom. The van der Waals surface area contributed by atoms with Crippen LogP contribution in [-0.4, -0.2) is 48.2 Å². The maximum Gasteiger partial charge on any atom is 0.229 e. The van der Waals surface area contributed by atoms with Crippen LogP contribution in [0.4, 0.5) is 26.2 Å². The van der Waals surface area contributed by atoms with Crippen LogP contribution in [0.1, 0.15) is 38.2 Å². The summed E-state index contributed by atoms with van der Waals surface area (Å²) in [5, 5.41) is 6.39. The summed E-state index contributed by atoms with van der Waals surface area (Å²) in [7, 11) is 3.24. The van der Waals surface area contributed by atoms with Gasteiger partial charge in [-0.1, -0.05) is 6.07 Å². The monoisotopic (exact) mass is 468 g/mol. The van der Waals surface area contributed by atoms with Gasteiger partial charge in [0.15, 0.2) is 17.4 Å². The Labute approximate surface area is 198 Å². The van der Waals surface area contributed by atoms with Crippen molar-refractivity contribution < 1.29 is 13.5 Å². The molecule has 1 aliphatic rings. The Kier molecular flexibility index (Phi) is 7.21. The average molecular weight is 469 g/mol. The summed E-state index contributed by atoms with van der Waals surface area (Å²) in [5.41, 5.74) is 1.99. The molecular formula is C25H30F2N6O. The van der Waals surface area contributed by atoms with Crippen LogP contribution in [0.3, 0.4) is 0 Å². The number of nitrogens with one attached hydrogen (secondary N) is 2. The summed E-state index contributed by atoms with van der Waals surface area (Å²) < 4.78 is 34.8. The highest BCUT2D eigenvalue weighted by Crippen LogP contribution is 2.37. The quantitative estimate of drug-likeness (QED) is 0.512. The van der Waals surface area contributed by atoms with Crippen LogP contribution in [0.5, 0.6) is 5.75 Å². The average Bonchev–Trinajstić information content (AvgIpc) is 2.85. The minimum absolute atomic E-state index is 0.0104. The van der Waals surface area contributed by atoms with Gasteiger partial charge in [-0.15, -0.1) is 0 Å². The topological polar surface area (TPSA) is 75.2 Å². The molecule has 7 nitrogen and oxygen atoms in total. The second-order valence-corrected chi connectivity index (χ2v) is 8.73. The molecule has 1 saturated heterocycles. The van der Waals surface area contributed by atoms with Gasteiger partial charge in [0.2, 0.25) is 5.95 Å². The summed E-state index contributed by atoms with van der Waals surface area (Å²) >= 11 is 0. The van der Waals surface area contributed by atoms with Crippen molar-refractivity contribution in [3.8, 4) is 17.0 Å². The molecule has 0 aliphatic carbocycles. The first-order valence-corrected chi connectivity index (χ1v) is 11.4. The SMILES string of the molecule is COc1c(F)cc(-c2nc(Nc3ccc(C4CCNCC4)cn3)ncc2F)cc1N(C)C(C)C. The lowest BCUT2D eigenvalue weighted by Gasteiger charge is -2.26. The molecule has 1 aromatic carbocycles. The van der Waals surface area contributed by atoms with Crippen molar-refractivity contribution >= 4 is 17.5 Å². The number of ether oxygens (including phenoxy) is 1. The Morgan fingerprint density at radius 2 is 1.85 bits per heavy atom.